The summed E-state index contributed by atoms with van der Waals surface area (Å²) < 4.78 is 5.23. The first-order valence-corrected chi connectivity index (χ1v) is 6.20. The zero-order valence-corrected chi connectivity index (χ0v) is 11.1. The van der Waals surface area contributed by atoms with Crippen LogP contribution in [0.4, 0.5) is 5.69 Å². The average Bonchev–Trinajstić information content (AvgIpc) is 2.45. The molecule has 2 aromatic carbocycles. The fraction of sp³-hybridized carbons (Fsp3) is 0.125. The van der Waals surface area contributed by atoms with Gasteiger partial charge in [0.05, 0.1) is 5.69 Å². The van der Waals surface area contributed by atoms with Gasteiger partial charge in [-0.15, -0.1) is 0 Å². The van der Waals surface area contributed by atoms with Crippen molar-refractivity contribution in [3.05, 3.63) is 59.7 Å². The van der Waals surface area contributed by atoms with E-state index in [0.29, 0.717) is 5.75 Å². The lowest BCUT2D eigenvalue weighted by Crippen LogP contribution is -2.10. The molecule has 20 heavy (non-hydrogen) atoms. The summed E-state index contributed by atoms with van der Waals surface area (Å²) in [6, 6.07) is 15.0. The van der Waals surface area contributed by atoms with Gasteiger partial charge in [-0.2, -0.15) is 0 Å². The van der Waals surface area contributed by atoms with Crippen molar-refractivity contribution in [1.29, 1.82) is 0 Å². The molecule has 0 unspecified atom stereocenters. The molecule has 0 spiro atoms. The number of benzene rings is 2. The summed E-state index contributed by atoms with van der Waals surface area (Å²) in [5.74, 6) is -0.497. The average molecular weight is 269 g/mol. The fourth-order valence-corrected chi connectivity index (χ4v) is 1.71. The number of carboxylic acid groups (broad SMARTS) is 1. The first-order valence-electron chi connectivity index (χ1n) is 6.20. The number of ether oxygens (including phenoxy) is 1. The van der Waals surface area contributed by atoms with Gasteiger partial charge in [0.25, 0.3) is 0 Å². The minimum absolute atomic E-state index is 0.366. The highest BCUT2D eigenvalue weighted by Crippen LogP contribution is 2.20. The number of hydrogen-bond donors (Lipinski definition) is 1. The molecule has 0 aromatic heterocycles. The van der Waals surface area contributed by atoms with Crippen molar-refractivity contribution in [2.75, 3.05) is 6.61 Å². The third-order valence-electron chi connectivity index (χ3n) is 2.73. The van der Waals surface area contributed by atoms with Crippen LogP contribution in [-0.2, 0) is 4.79 Å². The Labute approximate surface area is 117 Å². The van der Waals surface area contributed by atoms with Crippen LogP contribution in [-0.4, -0.2) is 23.9 Å². The third kappa shape index (κ3) is 3.68. The number of nitrogens with zero attached hydrogens (tertiary/aromatic N) is 1. The summed E-state index contributed by atoms with van der Waals surface area (Å²) in [7, 11) is 0. The van der Waals surface area contributed by atoms with Gasteiger partial charge in [0, 0.05) is 11.8 Å². The Bertz CT molecular complexity index is 635. The number of aliphatic carboxylic acids is 1. The molecule has 0 amide bonds. The predicted molar refractivity (Wildman–Crippen MR) is 78.0 cm³/mol. The molecule has 0 aliphatic carbocycles. The monoisotopic (exact) mass is 269 g/mol. The molecule has 102 valence electrons. The summed E-state index contributed by atoms with van der Waals surface area (Å²) in [5, 5.41) is 8.65. The first-order chi connectivity index (χ1) is 9.66. The Morgan fingerprint density at radius 3 is 2.65 bits per heavy atom. The standard InChI is InChI=1S/C16H15NO3/c1-12-6-2-4-8-14(12)17-10-13-7-3-5-9-15(13)20-11-16(18)19/h2-10H,11H2,1H3,(H,18,19). The van der Waals surface area contributed by atoms with Crippen molar-refractivity contribution in [3.63, 3.8) is 0 Å². The minimum atomic E-state index is -1.00. The molecular formula is C16H15NO3. The van der Waals surface area contributed by atoms with Crippen LogP contribution in [0.3, 0.4) is 0 Å². The van der Waals surface area contributed by atoms with Crippen LogP contribution >= 0.6 is 0 Å². The van der Waals surface area contributed by atoms with E-state index < -0.39 is 5.97 Å². The number of carbonyl (C=O) groups is 1. The van der Waals surface area contributed by atoms with Gasteiger partial charge >= 0.3 is 5.97 Å². The third-order valence-corrected chi connectivity index (χ3v) is 2.73. The molecule has 0 bridgehead atoms. The second-order valence-electron chi connectivity index (χ2n) is 4.26. The molecule has 2 aromatic rings. The first kappa shape index (κ1) is 13.8. The molecule has 0 saturated carbocycles. The second kappa shape index (κ2) is 6.52. The van der Waals surface area contributed by atoms with Crippen LogP contribution in [0.5, 0.6) is 5.75 Å². The smallest absolute Gasteiger partial charge is 0.341 e. The highest BCUT2D eigenvalue weighted by atomic mass is 16.5. The lowest BCUT2D eigenvalue weighted by Gasteiger charge is -2.06. The summed E-state index contributed by atoms with van der Waals surface area (Å²) in [6.07, 6.45) is 1.68. The predicted octanol–water partition coefficient (Wildman–Crippen LogP) is 3.21. The number of rotatable bonds is 5. The van der Waals surface area contributed by atoms with Crippen molar-refractivity contribution < 1.29 is 14.6 Å². The number of hydrogen-bond acceptors (Lipinski definition) is 3. The Kier molecular flexibility index (Phi) is 4.50. The second-order valence-corrected chi connectivity index (χ2v) is 4.26. The van der Waals surface area contributed by atoms with Crippen LogP contribution in [0.15, 0.2) is 53.5 Å². The lowest BCUT2D eigenvalue weighted by molar-refractivity contribution is -0.139. The molecule has 0 aliphatic heterocycles. The number of carboxylic acids is 1. The normalized spacial score (nSPS) is 10.7. The molecule has 0 radical (unpaired) electrons. The summed E-state index contributed by atoms with van der Waals surface area (Å²) in [5.41, 5.74) is 2.70. The topological polar surface area (TPSA) is 58.9 Å². The SMILES string of the molecule is Cc1ccccc1N=Cc1ccccc1OCC(=O)O. The number of para-hydroxylation sites is 2. The van der Waals surface area contributed by atoms with E-state index in [4.69, 9.17) is 9.84 Å². The van der Waals surface area contributed by atoms with E-state index in [2.05, 4.69) is 4.99 Å². The molecule has 0 fully saturated rings. The summed E-state index contributed by atoms with van der Waals surface area (Å²) in [4.78, 5) is 15.0. The minimum Gasteiger partial charge on any atom is -0.481 e. The van der Waals surface area contributed by atoms with E-state index >= 15 is 0 Å². The highest BCUT2D eigenvalue weighted by molar-refractivity contribution is 5.85. The van der Waals surface area contributed by atoms with Gasteiger partial charge in [0.2, 0.25) is 0 Å². The summed E-state index contributed by atoms with van der Waals surface area (Å²) in [6.45, 7) is 1.62. The zero-order valence-electron chi connectivity index (χ0n) is 11.1. The molecular weight excluding hydrogens is 254 g/mol. The van der Waals surface area contributed by atoms with Crippen LogP contribution in [0.2, 0.25) is 0 Å². The van der Waals surface area contributed by atoms with E-state index in [-0.39, 0.29) is 6.61 Å². The number of aliphatic imine (C=N–C) groups is 1. The maximum Gasteiger partial charge on any atom is 0.341 e. The van der Waals surface area contributed by atoms with E-state index in [1.165, 1.54) is 0 Å². The van der Waals surface area contributed by atoms with Crippen molar-refractivity contribution in [2.24, 2.45) is 4.99 Å². The van der Waals surface area contributed by atoms with Gasteiger partial charge < -0.3 is 9.84 Å². The Morgan fingerprint density at radius 1 is 1.20 bits per heavy atom. The van der Waals surface area contributed by atoms with Crippen molar-refractivity contribution in [3.8, 4) is 5.75 Å². The Hall–Kier alpha value is -2.62. The van der Waals surface area contributed by atoms with Gasteiger partial charge in [0.15, 0.2) is 6.61 Å². The molecule has 0 heterocycles. The Morgan fingerprint density at radius 2 is 1.90 bits per heavy atom. The molecule has 0 aliphatic rings. The van der Waals surface area contributed by atoms with Crippen LogP contribution in [0.25, 0.3) is 0 Å². The van der Waals surface area contributed by atoms with Crippen molar-refractivity contribution in [1.82, 2.24) is 0 Å². The summed E-state index contributed by atoms with van der Waals surface area (Å²) >= 11 is 0. The molecule has 4 nitrogen and oxygen atoms in total. The van der Waals surface area contributed by atoms with Gasteiger partial charge in [-0.3, -0.25) is 4.99 Å². The maximum absolute atomic E-state index is 10.5. The largest absolute Gasteiger partial charge is 0.481 e. The van der Waals surface area contributed by atoms with Crippen molar-refractivity contribution >= 4 is 17.9 Å². The maximum atomic E-state index is 10.5. The highest BCUT2D eigenvalue weighted by Gasteiger charge is 2.03. The fourth-order valence-electron chi connectivity index (χ4n) is 1.71. The molecule has 1 N–H and O–H groups in total. The van der Waals surface area contributed by atoms with Crippen LogP contribution in [0, 0.1) is 6.92 Å². The molecule has 2 rings (SSSR count). The molecule has 0 saturated heterocycles. The Balaban J connectivity index is 2.21. The van der Waals surface area contributed by atoms with Crippen LogP contribution < -0.4 is 4.74 Å². The van der Waals surface area contributed by atoms with Gasteiger partial charge in [-0.25, -0.2) is 4.79 Å². The van der Waals surface area contributed by atoms with E-state index in [9.17, 15) is 4.79 Å². The lowest BCUT2D eigenvalue weighted by atomic mass is 10.2. The van der Waals surface area contributed by atoms with E-state index in [1.54, 1.807) is 18.3 Å². The molecule has 4 heteroatoms. The van der Waals surface area contributed by atoms with Crippen molar-refractivity contribution in [2.45, 2.75) is 6.92 Å². The van der Waals surface area contributed by atoms with Gasteiger partial charge in [0.1, 0.15) is 5.75 Å². The van der Waals surface area contributed by atoms with E-state index in [1.807, 2.05) is 43.3 Å². The van der Waals surface area contributed by atoms with Gasteiger partial charge in [-0.05, 0) is 30.7 Å². The zero-order chi connectivity index (χ0) is 14.4. The van der Waals surface area contributed by atoms with Gasteiger partial charge in [-0.1, -0.05) is 30.3 Å². The van der Waals surface area contributed by atoms with E-state index in [0.717, 1.165) is 16.8 Å². The van der Waals surface area contributed by atoms with Crippen LogP contribution in [0.1, 0.15) is 11.1 Å². The quantitative estimate of drug-likeness (QED) is 0.848. The number of aryl methyl sites for hydroxylation is 1. The molecule has 0 atom stereocenters.